The summed E-state index contributed by atoms with van der Waals surface area (Å²) in [7, 11) is 0. The number of aromatic nitrogens is 3. The molecule has 2 N–H and O–H groups in total. The molecule has 0 bridgehead atoms. The molecule has 0 aromatic carbocycles. The molecule has 0 amide bonds. The first-order chi connectivity index (χ1) is 5.97. The van der Waals surface area contributed by atoms with Crippen LogP contribution in [0, 0.1) is 0 Å². The zero-order chi connectivity index (χ0) is 10.1. The van der Waals surface area contributed by atoms with E-state index in [1.54, 1.807) is 0 Å². The fourth-order valence-corrected chi connectivity index (χ4v) is 0.906. The van der Waals surface area contributed by atoms with Crippen LogP contribution in [0.5, 0.6) is 0 Å². The summed E-state index contributed by atoms with van der Waals surface area (Å²) in [5.41, 5.74) is -0.358. The first kappa shape index (κ1) is 10.2. The number of hydrogen-bond donors (Lipinski definition) is 2. The number of H-pyrrole nitrogens is 1. The number of nitrogens with zero attached hydrogens (tertiary/aromatic N) is 2. The van der Waals surface area contributed by atoms with Gasteiger partial charge in [0.1, 0.15) is 5.82 Å². The summed E-state index contributed by atoms with van der Waals surface area (Å²) in [5.74, 6) is 1.89. The van der Waals surface area contributed by atoms with Crippen molar-refractivity contribution in [2.24, 2.45) is 0 Å². The van der Waals surface area contributed by atoms with Gasteiger partial charge in [0.15, 0.2) is 5.82 Å². The molecule has 0 radical (unpaired) electrons. The number of hydrogen-bond acceptors (Lipinski definition) is 3. The first-order valence-corrected chi connectivity index (χ1v) is 4.51. The molecule has 0 saturated heterocycles. The molecule has 0 aliphatic carbocycles. The van der Waals surface area contributed by atoms with Gasteiger partial charge in [-0.3, -0.25) is 5.10 Å². The fourth-order valence-electron chi connectivity index (χ4n) is 0.906. The minimum absolute atomic E-state index is 0.0579. The zero-order valence-electron chi connectivity index (χ0n) is 8.63. The summed E-state index contributed by atoms with van der Waals surface area (Å²) in [6, 6.07) is 0. The van der Waals surface area contributed by atoms with Crippen molar-refractivity contribution < 1.29 is 5.11 Å². The number of rotatable bonds is 3. The molecular weight excluding hydrogens is 166 g/mol. The maximum Gasteiger partial charge on any atom is 0.158 e. The van der Waals surface area contributed by atoms with Crippen molar-refractivity contribution in [1.29, 1.82) is 0 Å². The van der Waals surface area contributed by atoms with E-state index >= 15 is 0 Å². The maximum atomic E-state index is 9.10. The van der Waals surface area contributed by atoms with Crippen molar-refractivity contribution in [3.63, 3.8) is 0 Å². The van der Waals surface area contributed by atoms with Crippen molar-refractivity contribution in [1.82, 2.24) is 15.2 Å². The molecule has 0 fully saturated rings. The van der Waals surface area contributed by atoms with Crippen LogP contribution in [0.3, 0.4) is 0 Å². The van der Waals surface area contributed by atoms with E-state index < -0.39 is 0 Å². The van der Waals surface area contributed by atoms with Crippen molar-refractivity contribution in [2.45, 2.75) is 39.0 Å². The average Bonchev–Trinajstić information content (AvgIpc) is 2.52. The van der Waals surface area contributed by atoms with Crippen LogP contribution in [0.25, 0.3) is 0 Å². The normalized spacial score (nSPS) is 12.5. The van der Waals surface area contributed by atoms with Gasteiger partial charge < -0.3 is 5.11 Å². The van der Waals surface area contributed by atoms with Gasteiger partial charge in [0.05, 0.1) is 6.61 Å². The Labute approximate surface area is 78.4 Å². The second-order valence-electron chi connectivity index (χ2n) is 4.24. The van der Waals surface area contributed by atoms with Gasteiger partial charge in [0.2, 0.25) is 0 Å². The average molecular weight is 183 g/mol. The largest absolute Gasteiger partial charge is 0.395 e. The number of aromatic amines is 1. The van der Waals surface area contributed by atoms with Crippen LogP contribution in [0.4, 0.5) is 0 Å². The molecule has 0 spiro atoms. The van der Waals surface area contributed by atoms with Gasteiger partial charge >= 0.3 is 0 Å². The Morgan fingerprint density at radius 2 is 2.08 bits per heavy atom. The van der Waals surface area contributed by atoms with Crippen molar-refractivity contribution in [3.8, 4) is 0 Å². The maximum absolute atomic E-state index is 9.10. The zero-order valence-corrected chi connectivity index (χ0v) is 8.63. The lowest BCUT2D eigenvalue weighted by Crippen LogP contribution is -2.23. The Kier molecular flexibility index (Phi) is 2.71. The molecule has 1 rings (SSSR count). The van der Waals surface area contributed by atoms with Crippen LogP contribution in [-0.4, -0.2) is 26.9 Å². The predicted octanol–water partition coefficient (Wildman–Crippen LogP) is 1.20. The standard InChI is InChI=1S/C9H17N3O/c1-6(2)7-10-8(12-11-7)9(3,4)5-13/h6,13H,5H2,1-4H3,(H,10,11,12). The fraction of sp³-hybridized carbons (Fsp3) is 0.778. The molecule has 74 valence electrons. The molecule has 1 heterocycles. The van der Waals surface area contributed by atoms with Gasteiger partial charge in [0.25, 0.3) is 0 Å². The number of aliphatic hydroxyl groups excluding tert-OH is 1. The van der Waals surface area contributed by atoms with Crippen LogP contribution in [0.1, 0.15) is 45.3 Å². The summed E-state index contributed by atoms with van der Waals surface area (Å²) in [4.78, 5) is 4.33. The van der Waals surface area contributed by atoms with E-state index in [1.165, 1.54) is 0 Å². The summed E-state index contributed by atoms with van der Waals surface area (Å²) < 4.78 is 0. The molecule has 0 atom stereocenters. The van der Waals surface area contributed by atoms with Crippen molar-refractivity contribution in [2.75, 3.05) is 6.61 Å². The minimum atomic E-state index is -0.358. The van der Waals surface area contributed by atoms with Gasteiger partial charge in [-0.15, -0.1) is 0 Å². The van der Waals surface area contributed by atoms with Crippen LogP contribution >= 0.6 is 0 Å². The Morgan fingerprint density at radius 3 is 2.46 bits per heavy atom. The summed E-state index contributed by atoms with van der Waals surface area (Å²) >= 11 is 0. The van der Waals surface area contributed by atoms with Crippen LogP contribution in [-0.2, 0) is 5.41 Å². The molecule has 4 heteroatoms. The SMILES string of the molecule is CC(C)c1nc(C(C)(C)CO)n[nH]1. The molecule has 0 unspecified atom stereocenters. The summed E-state index contributed by atoms with van der Waals surface area (Å²) in [6.07, 6.45) is 0. The smallest absolute Gasteiger partial charge is 0.158 e. The van der Waals surface area contributed by atoms with E-state index in [2.05, 4.69) is 29.0 Å². The molecule has 1 aromatic rings. The molecule has 0 aliphatic heterocycles. The van der Waals surface area contributed by atoms with E-state index in [4.69, 9.17) is 5.11 Å². The second kappa shape index (κ2) is 3.46. The quantitative estimate of drug-likeness (QED) is 0.740. The lowest BCUT2D eigenvalue weighted by Gasteiger charge is -2.16. The monoisotopic (exact) mass is 183 g/mol. The molecule has 13 heavy (non-hydrogen) atoms. The Hall–Kier alpha value is -0.900. The van der Waals surface area contributed by atoms with Crippen molar-refractivity contribution >= 4 is 0 Å². The van der Waals surface area contributed by atoms with E-state index in [0.29, 0.717) is 11.7 Å². The van der Waals surface area contributed by atoms with Gasteiger partial charge in [0, 0.05) is 11.3 Å². The minimum Gasteiger partial charge on any atom is -0.395 e. The van der Waals surface area contributed by atoms with E-state index in [0.717, 1.165) is 5.82 Å². The Morgan fingerprint density at radius 1 is 1.46 bits per heavy atom. The Bertz CT molecular complexity index is 278. The second-order valence-corrected chi connectivity index (χ2v) is 4.24. The topological polar surface area (TPSA) is 61.8 Å². The van der Waals surface area contributed by atoms with Gasteiger partial charge in [-0.25, -0.2) is 4.98 Å². The highest BCUT2D eigenvalue weighted by Crippen LogP contribution is 2.19. The Balaban J connectivity index is 2.91. The van der Waals surface area contributed by atoms with E-state index in [9.17, 15) is 0 Å². The number of aliphatic hydroxyl groups is 1. The third-order valence-electron chi connectivity index (χ3n) is 2.05. The summed E-state index contributed by atoms with van der Waals surface area (Å²) in [5, 5.41) is 16.1. The van der Waals surface area contributed by atoms with E-state index in [1.807, 2.05) is 13.8 Å². The predicted molar refractivity (Wildman–Crippen MR) is 50.6 cm³/mol. The first-order valence-electron chi connectivity index (χ1n) is 4.51. The van der Waals surface area contributed by atoms with Crippen LogP contribution < -0.4 is 0 Å². The highest BCUT2D eigenvalue weighted by atomic mass is 16.3. The third-order valence-corrected chi connectivity index (χ3v) is 2.05. The molecular formula is C9H17N3O. The van der Waals surface area contributed by atoms with E-state index in [-0.39, 0.29) is 12.0 Å². The van der Waals surface area contributed by atoms with Crippen LogP contribution in [0.15, 0.2) is 0 Å². The molecule has 1 aromatic heterocycles. The number of nitrogens with one attached hydrogen (secondary N) is 1. The molecule has 0 saturated carbocycles. The van der Waals surface area contributed by atoms with Gasteiger partial charge in [-0.1, -0.05) is 27.7 Å². The molecule has 4 nitrogen and oxygen atoms in total. The molecule has 0 aliphatic rings. The highest BCUT2D eigenvalue weighted by Gasteiger charge is 2.24. The van der Waals surface area contributed by atoms with Crippen molar-refractivity contribution in [3.05, 3.63) is 11.6 Å². The lowest BCUT2D eigenvalue weighted by atomic mass is 9.94. The highest BCUT2D eigenvalue weighted by molar-refractivity contribution is 5.05. The lowest BCUT2D eigenvalue weighted by molar-refractivity contribution is 0.212. The summed E-state index contributed by atoms with van der Waals surface area (Å²) in [6.45, 7) is 8.00. The third kappa shape index (κ3) is 2.06. The van der Waals surface area contributed by atoms with Gasteiger partial charge in [-0.05, 0) is 0 Å². The van der Waals surface area contributed by atoms with Crippen LogP contribution in [0.2, 0.25) is 0 Å². The van der Waals surface area contributed by atoms with Gasteiger partial charge in [-0.2, -0.15) is 5.10 Å².